The zero-order valence-corrected chi connectivity index (χ0v) is 31.9. The van der Waals surface area contributed by atoms with Gasteiger partial charge in [0.1, 0.15) is 34.5 Å². The highest BCUT2D eigenvalue weighted by molar-refractivity contribution is 6.04. The smallest absolute Gasteiger partial charge is 0.384 e. The number of piperidine rings is 2. The van der Waals surface area contributed by atoms with Crippen molar-refractivity contribution in [1.82, 2.24) is 30.3 Å². The highest BCUT2D eigenvalue weighted by atomic mass is 19.4. The molecule has 306 valence electrons. The predicted octanol–water partition coefficient (Wildman–Crippen LogP) is 4.23. The quantitative estimate of drug-likeness (QED) is 0.142. The zero-order valence-electron chi connectivity index (χ0n) is 31.9. The summed E-state index contributed by atoms with van der Waals surface area (Å²) in [5, 5.41) is 22.5. The molecule has 4 aromatic rings. The lowest BCUT2D eigenvalue weighted by Crippen LogP contribution is -2.53. The summed E-state index contributed by atoms with van der Waals surface area (Å²) in [7, 11) is 0. The van der Waals surface area contributed by atoms with E-state index in [0.717, 1.165) is 69.9 Å². The molecule has 3 saturated heterocycles. The van der Waals surface area contributed by atoms with Crippen LogP contribution in [0.15, 0.2) is 66.9 Å². The number of nitrogens with one attached hydrogen (secondary N) is 3. The minimum atomic E-state index is -4.72. The lowest BCUT2D eigenvalue weighted by Gasteiger charge is -2.43. The van der Waals surface area contributed by atoms with Crippen LogP contribution in [0, 0.1) is 5.82 Å². The summed E-state index contributed by atoms with van der Waals surface area (Å²) in [6.45, 7) is 7.75. The molecule has 3 aliphatic rings. The third kappa shape index (κ3) is 8.97. The van der Waals surface area contributed by atoms with Crippen LogP contribution in [0.2, 0.25) is 0 Å². The molecule has 1 atom stereocenters. The number of rotatable bonds is 9. The van der Waals surface area contributed by atoms with Crippen molar-refractivity contribution in [3.63, 3.8) is 0 Å². The van der Waals surface area contributed by atoms with Crippen molar-refractivity contribution >= 4 is 40.7 Å². The van der Waals surface area contributed by atoms with Gasteiger partial charge in [0.2, 0.25) is 11.8 Å². The van der Waals surface area contributed by atoms with Crippen molar-refractivity contribution < 1.29 is 41.8 Å². The van der Waals surface area contributed by atoms with Crippen molar-refractivity contribution in [2.24, 2.45) is 0 Å². The van der Waals surface area contributed by atoms with Crippen LogP contribution in [0.3, 0.4) is 0 Å². The highest BCUT2D eigenvalue weighted by Crippen LogP contribution is 2.31. The summed E-state index contributed by atoms with van der Waals surface area (Å²) in [6.07, 6.45) is -1.17. The molecule has 3 fully saturated rings. The molecule has 0 bridgehead atoms. The summed E-state index contributed by atoms with van der Waals surface area (Å²) >= 11 is 0. The molecule has 1 unspecified atom stereocenters. The van der Waals surface area contributed by atoms with Gasteiger partial charge >= 0.3 is 6.18 Å². The topological polar surface area (TPSA) is 165 Å². The molecule has 0 aliphatic carbocycles. The lowest BCUT2D eigenvalue weighted by molar-refractivity contribution is -0.141. The van der Waals surface area contributed by atoms with Gasteiger partial charge in [0.05, 0.1) is 23.1 Å². The average Bonchev–Trinajstić information content (AvgIpc) is 3.63. The van der Waals surface area contributed by atoms with E-state index in [9.17, 15) is 37.5 Å². The Morgan fingerprint density at radius 1 is 0.845 bits per heavy atom. The standard InChI is InChI=1S/C40H43F4N9O5/c1-39(2,58)35-32(47-37(56)30-4-3-5-33(45-30)40(42,43)44)23-53(49-35)26-8-6-24(7-9-26)51-18-20-52(21-19-51)25-14-16-50(17-15-25)27-10-11-28(29(41)22-27)36(55)46-31-12-13-34(54)48-38(31)57/h3-11,22-23,25,31,58H,12-21H2,1-2H3,(H,46,55)(H,47,56)(H,48,54,57). The fourth-order valence-electron chi connectivity index (χ4n) is 7.56. The van der Waals surface area contributed by atoms with Gasteiger partial charge in [0.15, 0.2) is 0 Å². The molecule has 18 heteroatoms. The monoisotopic (exact) mass is 805 g/mol. The van der Waals surface area contributed by atoms with Gasteiger partial charge < -0.3 is 25.5 Å². The molecule has 0 radical (unpaired) electrons. The number of carbonyl (C=O) groups excluding carboxylic acids is 4. The molecule has 2 aromatic heterocycles. The van der Waals surface area contributed by atoms with E-state index in [1.165, 1.54) is 42.9 Å². The number of nitrogens with zero attached hydrogens (tertiary/aromatic N) is 6. The number of amides is 4. The molecule has 4 amide bonds. The Kier molecular flexibility index (Phi) is 11.2. The Hall–Kier alpha value is -5.88. The van der Waals surface area contributed by atoms with Gasteiger partial charge in [0, 0.05) is 63.1 Å². The third-order valence-corrected chi connectivity index (χ3v) is 10.7. The summed E-state index contributed by atoms with van der Waals surface area (Å²) < 4.78 is 56.1. The summed E-state index contributed by atoms with van der Waals surface area (Å²) in [4.78, 5) is 59.4. The lowest BCUT2D eigenvalue weighted by atomic mass is 10.0. The van der Waals surface area contributed by atoms with E-state index in [1.54, 1.807) is 6.07 Å². The highest BCUT2D eigenvalue weighted by Gasteiger charge is 2.34. The first-order valence-electron chi connectivity index (χ1n) is 19.0. The number of hydrogen-bond acceptors (Lipinski definition) is 10. The predicted molar refractivity (Wildman–Crippen MR) is 205 cm³/mol. The second-order valence-electron chi connectivity index (χ2n) is 15.2. The number of alkyl halides is 3. The Bertz CT molecular complexity index is 2190. The fraction of sp³-hybridized carbons (Fsp3) is 0.400. The Balaban J connectivity index is 0.914. The van der Waals surface area contributed by atoms with Gasteiger partial charge in [-0.15, -0.1) is 0 Å². The Morgan fingerprint density at radius 2 is 1.50 bits per heavy atom. The number of hydrogen-bond donors (Lipinski definition) is 4. The van der Waals surface area contributed by atoms with Crippen LogP contribution in [-0.2, 0) is 21.4 Å². The van der Waals surface area contributed by atoms with Crippen molar-refractivity contribution in [1.29, 1.82) is 0 Å². The Morgan fingerprint density at radius 3 is 2.14 bits per heavy atom. The van der Waals surface area contributed by atoms with Gasteiger partial charge in [-0.1, -0.05) is 6.07 Å². The van der Waals surface area contributed by atoms with Crippen LogP contribution in [0.1, 0.15) is 71.8 Å². The van der Waals surface area contributed by atoms with E-state index < -0.39 is 58.7 Å². The number of aliphatic hydroxyl groups is 1. The number of aromatic nitrogens is 3. The number of benzene rings is 2. The first-order valence-corrected chi connectivity index (χ1v) is 19.0. The number of pyridine rings is 1. The number of carbonyl (C=O) groups is 4. The molecule has 58 heavy (non-hydrogen) atoms. The minimum Gasteiger partial charge on any atom is -0.384 e. The molecule has 3 aliphatic heterocycles. The Labute approximate surface area is 331 Å². The van der Waals surface area contributed by atoms with Crippen LogP contribution < -0.4 is 25.8 Å². The molecular formula is C40H43F4N9O5. The van der Waals surface area contributed by atoms with E-state index in [-0.39, 0.29) is 29.8 Å². The van der Waals surface area contributed by atoms with E-state index in [1.807, 2.05) is 24.3 Å². The maximum Gasteiger partial charge on any atom is 0.433 e. The van der Waals surface area contributed by atoms with Crippen molar-refractivity contribution in [3.05, 3.63) is 95.3 Å². The van der Waals surface area contributed by atoms with Gasteiger partial charge in [-0.25, -0.2) is 14.1 Å². The van der Waals surface area contributed by atoms with Gasteiger partial charge in [-0.05, 0) is 87.7 Å². The first kappa shape index (κ1) is 40.3. The van der Waals surface area contributed by atoms with E-state index in [0.29, 0.717) is 17.4 Å². The zero-order chi connectivity index (χ0) is 41.4. The number of anilines is 3. The van der Waals surface area contributed by atoms with Gasteiger partial charge in [-0.3, -0.25) is 29.4 Å². The van der Waals surface area contributed by atoms with E-state index >= 15 is 4.39 Å². The molecule has 2 aromatic carbocycles. The molecule has 14 nitrogen and oxygen atoms in total. The third-order valence-electron chi connectivity index (χ3n) is 10.7. The molecule has 0 spiro atoms. The van der Waals surface area contributed by atoms with Gasteiger partial charge in [0.25, 0.3) is 11.8 Å². The average molecular weight is 806 g/mol. The second-order valence-corrected chi connectivity index (χ2v) is 15.2. The molecule has 5 heterocycles. The fourth-order valence-corrected chi connectivity index (χ4v) is 7.56. The van der Waals surface area contributed by atoms with Crippen molar-refractivity contribution in [3.8, 4) is 5.69 Å². The minimum absolute atomic E-state index is 0.104. The largest absolute Gasteiger partial charge is 0.433 e. The maximum absolute atomic E-state index is 15.1. The number of halogens is 4. The normalized spacial score (nSPS) is 18.6. The van der Waals surface area contributed by atoms with Crippen LogP contribution >= 0.6 is 0 Å². The molecule has 7 rings (SSSR count). The number of piperazine rings is 1. The van der Waals surface area contributed by atoms with E-state index in [2.05, 4.69) is 40.7 Å². The molecule has 4 N–H and O–H groups in total. The van der Waals surface area contributed by atoms with Crippen molar-refractivity contribution in [2.75, 3.05) is 54.4 Å². The van der Waals surface area contributed by atoms with Crippen LogP contribution in [-0.4, -0.2) is 99.8 Å². The van der Waals surface area contributed by atoms with Crippen LogP contribution in [0.25, 0.3) is 5.69 Å². The SMILES string of the molecule is CC(C)(O)c1nn(-c2ccc(N3CCN(C4CCN(c5ccc(C(=O)NC6CCC(=O)NC6=O)c(F)c5)CC4)CC3)cc2)cc1NC(=O)c1cccc(C(F)(F)F)n1. The summed E-state index contributed by atoms with van der Waals surface area (Å²) in [5.74, 6) is -3.26. The summed E-state index contributed by atoms with van der Waals surface area (Å²) in [5.41, 5.74) is -0.700. The van der Waals surface area contributed by atoms with E-state index in [4.69, 9.17) is 0 Å². The maximum atomic E-state index is 15.1. The number of imide groups is 1. The summed E-state index contributed by atoms with van der Waals surface area (Å²) in [6, 6.07) is 14.7. The van der Waals surface area contributed by atoms with Crippen LogP contribution in [0.4, 0.5) is 34.6 Å². The van der Waals surface area contributed by atoms with Crippen molar-refractivity contribution in [2.45, 2.75) is 63.4 Å². The molecular weight excluding hydrogens is 762 g/mol. The van der Waals surface area contributed by atoms with Gasteiger partial charge in [-0.2, -0.15) is 18.3 Å². The first-order chi connectivity index (χ1) is 27.5. The molecule has 0 saturated carbocycles. The van der Waals surface area contributed by atoms with Crippen LogP contribution in [0.5, 0.6) is 0 Å². The second kappa shape index (κ2) is 16.2.